The summed E-state index contributed by atoms with van der Waals surface area (Å²) in [5.74, 6) is -0.168. The van der Waals surface area contributed by atoms with E-state index in [1.807, 2.05) is 20.8 Å². The number of aromatic nitrogens is 1. The van der Waals surface area contributed by atoms with Crippen LogP contribution < -0.4 is 10.6 Å². The first-order valence-electron chi connectivity index (χ1n) is 7.04. The van der Waals surface area contributed by atoms with Crippen molar-refractivity contribution in [3.05, 3.63) is 23.5 Å². The standard InChI is InChI=1S/C15H25N3O3/c1-9-7-16-8-12(9)13(19)17-10(2)11(3)18-14(20)21-15(4,5)6/h7-8,10-11,16H,1-6H3,(H,17,19)(H,18,20)/t10-,11-/m0/s1. The lowest BCUT2D eigenvalue weighted by Crippen LogP contribution is -2.49. The molecule has 0 aliphatic heterocycles. The number of hydrogen-bond acceptors (Lipinski definition) is 3. The zero-order valence-electron chi connectivity index (χ0n) is 13.5. The first kappa shape index (κ1) is 17.1. The Labute approximate surface area is 125 Å². The van der Waals surface area contributed by atoms with Crippen molar-refractivity contribution in [1.82, 2.24) is 15.6 Å². The molecule has 0 aliphatic rings. The van der Waals surface area contributed by atoms with Crippen molar-refractivity contribution in [2.45, 2.75) is 59.2 Å². The van der Waals surface area contributed by atoms with Gasteiger partial charge < -0.3 is 20.4 Å². The molecule has 21 heavy (non-hydrogen) atoms. The summed E-state index contributed by atoms with van der Waals surface area (Å²) in [6, 6.07) is -0.470. The summed E-state index contributed by atoms with van der Waals surface area (Å²) in [6.07, 6.45) is 2.93. The van der Waals surface area contributed by atoms with Gasteiger partial charge in [-0.1, -0.05) is 0 Å². The quantitative estimate of drug-likeness (QED) is 0.797. The van der Waals surface area contributed by atoms with Gasteiger partial charge in [-0.15, -0.1) is 0 Å². The third kappa shape index (κ3) is 5.49. The monoisotopic (exact) mass is 295 g/mol. The van der Waals surface area contributed by atoms with Crippen molar-refractivity contribution >= 4 is 12.0 Å². The van der Waals surface area contributed by atoms with Crippen LogP contribution in [0.2, 0.25) is 0 Å². The van der Waals surface area contributed by atoms with E-state index >= 15 is 0 Å². The normalized spacial score (nSPS) is 14.2. The van der Waals surface area contributed by atoms with E-state index in [4.69, 9.17) is 4.74 Å². The Hall–Kier alpha value is -1.98. The lowest BCUT2D eigenvalue weighted by atomic mass is 10.1. The number of rotatable bonds is 4. The zero-order valence-corrected chi connectivity index (χ0v) is 13.5. The molecule has 2 amide bonds. The summed E-state index contributed by atoms with van der Waals surface area (Å²) in [5, 5.41) is 5.58. The van der Waals surface area contributed by atoms with Gasteiger partial charge >= 0.3 is 6.09 Å². The van der Waals surface area contributed by atoms with Crippen LogP contribution in [0.15, 0.2) is 12.4 Å². The highest BCUT2D eigenvalue weighted by Crippen LogP contribution is 2.08. The van der Waals surface area contributed by atoms with Gasteiger partial charge in [0, 0.05) is 24.5 Å². The molecule has 1 rings (SSSR count). The Balaban J connectivity index is 2.51. The minimum absolute atomic E-state index is 0.168. The third-order valence-electron chi connectivity index (χ3n) is 3.05. The van der Waals surface area contributed by atoms with Crippen LogP contribution in [-0.2, 0) is 4.74 Å². The van der Waals surface area contributed by atoms with Crippen LogP contribution in [0.1, 0.15) is 50.5 Å². The summed E-state index contributed by atoms with van der Waals surface area (Å²) < 4.78 is 5.19. The number of carbonyl (C=O) groups excluding carboxylic acids is 2. The Kier molecular flexibility index (Phi) is 5.41. The number of aromatic amines is 1. The lowest BCUT2D eigenvalue weighted by Gasteiger charge is -2.25. The van der Waals surface area contributed by atoms with Crippen LogP contribution in [0.25, 0.3) is 0 Å². The van der Waals surface area contributed by atoms with Gasteiger partial charge in [-0.05, 0) is 47.1 Å². The second kappa shape index (κ2) is 6.65. The van der Waals surface area contributed by atoms with Crippen molar-refractivity contribution < 1.29 is 14.3 Å². The molecular weight excluding hydrogens is 270 g/mol. The smallest absolute Gasteiger partial charge is 0.407 e. The molecule has 118 valence electrons. The Morgan fingerprint density at radius 3 is 2.19 bits per heavy atom. The van der Waals surface area contributed by atoms with E-state index < -0.39 is 11.7 Å². The highest BCUT2D eigenvalue weighted by molar-refractivity contribution is 5.95. The Morgan fingerprint density at radius 2 is 1.71 bits per heavy atom. The van der Waals surface area contributed by atoms with Crippen molar-refractivity contribution in [3.63, 3.8) is 0 Å². The van der Waals surface area contributed by atoms with E-state index in [1.165, 1.54) is 0 Å². The maximum atomic E-state index is 12.1. The molecule has 0 unspecified atom stereocenters. The van der Waals surface area contributed by atoms with Gasteiger partial charge in [-0.2, -0.15) is 0 Å². The van der Waals surface area contributed by atoms with Crippen LogP contribution >= 0.6 is 0 Å². The van der Waals surface area contributed by atoms with Gasteiger partial charge in [0.1, 0.15) is 5.60 Å². The minimum atomic E-state index is -0.543. The third-order valence-corrected chi connectivity index (χ3v) is 3.05. The fourth-order valence-electron chi connectivity index (χ4n) is 1.71. The maximum Gasteiger partial charge on any atom is 0.407 e. The molecule has 2 atom stereocenters. The fourth-order valence-corrected chi connectivity index (χ4v) is 1.71. The molecule has 0 saturated heterocycles. The van der Waals surface area contributed by atoms with Crippen LogP contribution in [0.5, 0.6) is 0 Å². The molecule has 1 heterocycles. The predicted octanol–water partition coefficient (Wildman–Crippen LogP) is 2.35. The summed E-state index contributed by atoms with van der Waals surface area (Å²) >= 11 is 0. The van der Waals surface area contributed by atoms with Crippen LogP contribution in [-0.4, -0.2) is 34.7 Å². The van der Waals surface area contributed by atoms with Gasteiger partial charge in [0.25, 0.3) is 5.91 Å². The highest BCUT2D eigenvalue weighted by Gasteiger charge is 2.22. The van der Waals surface area contributed by atoms with E-state index in [9.17, 15) is 9.59 Å². The average molecular weight is 295 g/mol. The molecule has 0 bridgehead atoms. The molecule has 1 aromatic heterocycles. The number of nitrogens with one attached hydrogen (secondary N) is 3. The molecule has 6 nitrogen and oxygen atoms in total. The van der Waals surface area contributed by atoms with E-state index in [-0.39, 0.29) is 18.0 Å². The van der Waals surface area contributed by atoms with Crippen LogP contribution in [0.4, 0.5) is 4.79 Å². The molecule has 0 saturated carbocycles. The predicted molar refractivity (Wildman–Crippen MR) is 81.3 cm³/mol. The zero-order chi connectivity index (χ0) is 16.2. The van der Waals surface area contributed by atoms with Gasteiger partial charge in [0.2, 0.25) is 0 Å². The van der Waals surface area contributed by atoms with Crippen molar-refractivity contribution in [1.29, 1.82) is 0 Å². The van der Waals surface area contributed by atoms with E-state index in [0.29, 0.717) is 5.56 Å². The first-order valence-corrected chi connectivity index (χ1v) is 7.04. The number of amides is 2. The van der Waals surface area contributed by atoms with Gasteiger partial charge in [-0.25, -0.2) is 4.79 Å². The second-order valence-corrected chi connectivity index (χ2v) is 6.25. The Bertz CT molecular complexity index is 503. The van der Waals surface area contributed by atoms with Gasteiger partial charge in [0.15, 0.2) is 0 Å². The first-order chi connectivity index (χ1) is 9.60. The minimum Gasteiger partial charge on any atom is -0.444 e. The maximum absolute atomic E-state index is 12.1. The largest absolute Gasteiger partial charge is 0.444 e. The number of hydrogen-bond donors (Lipinski definition) is 3. The summed E-state index contributed by atoms with van der Waals surface area (Å²) in [5.41, 5.74) is 0.942. The number of H-pyrrole nitrogens is 1. The lowest BCUT2D eigenvalue weighted by molar-refractivity contribution is 0.0496. The molecule has 0 spiro atoms. The van der Waals surface area contributed by atoms with Crippen molar-refractivity contribution in [2.75, 3.05) is 0 Å². The molecule has 3 N–H and O–H groups in total. The topological polar surface area (TPSA) is 83.2 Å². The van der Waals surface area contributed by atoms with E-state index in [2.05, 4.69) is 15.6 Å². The number of aryl methyl sites for hydroxylation is 1. The van der Waals surface area contributed by atoms with E-state index in [0.717, 1.165) is 5.56 Å². The van der Waals surface area contributed by atoms with Crippen LogP contribution in [0.3, 0.4) is 0 Å². The molecule has 0 aliphatic carbocycles. The van der Waals surface area contributed by atoms with Gasteiger partial charge in [0.05, 0.1) is 5.56 Å². The molecule has 0 radical (unpaired) electrons. The molecule has 0 fully saturated rings. The number of alkyl carbamates (subject to hydrolysis) is 1. The number of carbonyl (C=O) groups is 2. The average Bonchev–Trinajstić information content (AvgIpc) is 2.72. The van der Waals surface area contributed by atoms with Gasteiger partial charge in [-0.3, -0.25) is 4.79 Å². The molecule has 6 heteroatoms. The highest BCUT2D eigenvalue weighted by atomic mass is 16.6. The van der Waals surface area contributed by atoms with E-state index in [1.54, 1.807) is 33.2 Å². The van der Waals surface area contributed by atoms with Crippen LogP contribution in [0, 0.1) is 6.92 Å². The van der Waals surface area contributed by atoms with Crippen molar-refractivity contribution in [3.8, 4) is 0 Å². The second-order valence-electron chi connectivity index (χ2n) is 6.25. The molecule has 0 aromatic carbocycles. The Morgan fingerprint density at radius 1 is 1.14 bits per heavy atom. The van der Waals surface area contributed by atoms with Crippen molar-refractivity contribution in [2.24, 2.45) is 0 Å². The summed E-state index contributed by atoms with van der Waals surface area (Å²) in [4.78, 5) is 26.7. The summed E-state index contributed by atoms with van der Waals surface area (Å²) in [7, 11) is 0. The molecular formula is C15H25N3O3. The SMILES string of the molecule is Cc1c[nH]cc1C(=O)N[C@@H](C)[C@H](C)NC(=O)OC(C)(C)C. The number of ether oxygens (including phenoxy) is 1. The molecule has 1 aromatic rings. The summed E-state index contributed by atoms with van der Waals surface area (Å²) in [6.45, 7) is 10.9. The fraction of sp³-hybridized carbons (Fsp3) is 0.600.